The maximum atomic E-state index is 13.2. The molecule has 1 aliphatic rings. The SMILES string of the molecule is CC(c1ccccc1)N(CC1CC1)C(=O)c1ccc(-n2cnnc2)cc1. The summed E-state index contributed by atoms with van der Waals surface area (Å²) in [5.41, 5.74) is 2.82. The van der Waals surface area contributed by atoms with Crippen LogP contribution in [0.4, 0.5) is 0 Å². The Hall–Kier alpha value is -2.95. The summed E-state index contributed by atoms with van der Waals surface area (Å²) in [6.45, 7) is 2.93. The normalized spacial score (nSPS) is 14.8. The predicted molar refractivity (Wildman–Crippen MR) is 100.0 cm³/mol. The van der Waals surface area contributed by atoms with Crippen LogP contribution in [0.1, 0.15) is 41.7 Å². The van der Waals surface area contributed by atoms with Crippen molar-refractivity contribution in [1.29, 1.82) is 0 Å². The van der Waals surface area contributed by atoms with Crippen molar-refractivity contribution in [3.8, 4) is 5.69 Å². The molecule has 0 radical (unpaired) electrons. The van der Waals surface area contributed by atoms with Crippen LogP contribution in [0, 0.1) is 5.92 Å². The first-order valence-electron chi connectivity index (χ1n) is 9.03. The van der Waals surface area contributed by atoms with E-state index in [0.29, 0.717) is 11.5 Å². The van der Waals surface area contributed by atoms with Crippen LogP contribution in [-0.4, -0.2) is 32.1 Å². The third kappa shape index (κ3) is 3.52. The molecule has 4 rings (SSSR count). The van der Waals surface area contributed by atoms with Crippen molar-refractivity contribution in [3.05, 3.63) is 78.4 Å². The van der Waals surface area contributed by atoms with Crippen molar-refractivity contribution in [3.63, 3.8) is 0 Å². The zero-order valence-corrected chi connectivity index (χ0v) is 14.8. The molecule has 0 saturated heterocycles. The van der Waals surface area contributed by atoms with Crippen molar-refractivity contribution in [2.75, 3.05) is 6.54 Å². The van der Waals surface area contributed by atoms with Gasteiger partial charge in [-0.1, -0.05) is 30.3 Å². The van der Waals surface area contributed by atoms with E-state index in [0.717, 1.165) is 12.2 Å². The molecule has 1 amide bonds. The standard InChI is InChI=1S/C21H22N4O/c1-16(18-5-3-2-4-6-18)25(13-17-7-8-17)21(26)19-9-11-20(12-10-19)24-14-22-23-15-24/h2-6,9-12,14-17H,7-8,13H2,1H3. The molecule has 5 heteroatoms. The Balaban J connectivity index is 1.57. The van der Waals surface area contributed by atoms with E-state index in [1.807, 2.05) is 51.9 Å². The molecule has 0 bridgehead atoms. The van der Waals surface area contributed by atoms with Gasteiger partial charge in [0.1, 0.15) is 12.7 Å². The molecule has 0 aliphatic heterocycles. The summed E-state index contributed by atoms with van der Waals surface area (Å²) < 4.78 is 1.82. The smallest absolute Gasteiger partial charge is 0.254 e. The van der Waals surface area contributed by atoms with Gasteiger partial charge >= 0.3 is 0 Å². The minimum absolute atomic E-state index is 0.0572. The highest BCUT2D eigenvalue weighted by atomic mass is 16.2. The second-order valence-electron chi connectivity index (χ2n) is 6.90. The van der Waals surface area contributed by atoms with Gasteiger partial charge in [0.25, 0.3) is 5.91 Å². The number of benzene rings is 2. The van der Waals surface area contributed by atoms with Crippen LogP contribution in [0.15, 0.2) is 67.3 Å². The van der Waals surface area contributed by atoms with E-state index in [4.69, 9.17) is 0 Å². The molecule has 1 fully saturated rings. The fraction of sp³-hybridized carbons (Fsp3) is 0.286. The Morgan fingerprint density at radius 3 is 2.35 bits per heavy atom. The van der Waals surface area contributed by atoms with E-state index in [1.54, 1.807) is 12.7 Å². The van der Waals surface area contributed by atoms with Gasteiger partial charge in [0.05, 0.1) is 6.04 Å². The van der Waals surface area contributed by atoms with Crippen LogP contribution < -0.4 is 0 Å². The van der Waals surface area contributed by atoms with Crippen LogP contribution in [0.2, 0.25) is 0 Å². The first-order chi connectivity index (χ1) is 12.7. The molecule has 5 nitrogen and oxygen atoms in total. The maximum Gasteiger partial charge on any atom is 0.254 e. The number of hydrogen-bond acceptors (Lipinski definition) is 3. The zero-order chi connectivity index (χ0) is 17.9. The summed E-state index contributed by atoms with van der Waals surface area (Å²) in [7, 11) is 0. The van der Waals surface area contributed by atoms with Crippen molar-refractivity contribution >= 4 is 5.91 Å². The molecule has 3 aromatic rings. The van der Waals surface area contributed by atoms with E-state index in [1.165, 1.54) is 18.4 Å². The van der Waals surface area contributed by atoms with Gasteiger partial charge in [0.2, 0.25) is 0 Å². The van der Waals surface area contributed by atoms with Crippen LogP contribution in [0.25, 0.3) is 5.69 Å². The summed E-state index contributed by atoms with van der Waals surface area (Å²) in [5, 5.41) is 7.64. The quantitative estimate of drug-likeness (QED) is 0.680. The largest absolute Gasteiger partial charge is 0.332 e. The fourth-order valence-electron chi connectivity index (χ4n) is 3.18. The van der Waals surface area contributed by atoms with Crippen molar-refractivity contribution in [2.45, 2.75) is 25.8 Å². The van der Waals surface area contributed by atoms with Crippen LogP contribution >= 0.6 is 0 Å². The molecule has 1 aromatic heterocycles. The second kappa shape index (κ2) is 7.12. The van der Waals surface area contributed by atoms with Crippen molar-refractivity contribution < 1.29 is 4.79 Å². The fourth-order valence-corrected chi connectivity index (χ4v) is 3.18. The molecule has 0 N–H and O–H groups in total. The molecular weight excluding hydrogens is 324 g/mol. The first kappa shape index (κ1) is 16.5. The Morgan fingerprint density at radius 2 is 1.73 bits per heavy atom. The van der Waals surface area contributed by atoms with Crippen molar-refractivity contribution in [1.82, 2.24) is 19.7 Å². The van der Waals surface area contributed by atoms with Gasteiger partial charge in [-0.2, -0.15) is 0 Å². The molecule has 26 heavy (non-hydrogen) atoms. The van der Waals surface area contributed by atoms with Gasteiger partial charge in [-0.3, -0.25) is 9.36 Å². The highest BCUT2D eigenvalue weighted by molar-refractivity contribution is 5.94. The van der Waals surface area contributed by atoms with Gasteiger partial charge in [-0.15, -0.1) is 10.2 Å². The molecule has 1 heterocycles. The topological polar surface area (TPSA) is 51.0 Å². The Kier molecular flexibility index (Phi) is 4.52. The Labute approximate surface area is 153 Å². The van der Waals surface area contributed by atoms with Gasteiger partial charge in [-0.05, 0) is 55.5 Å². The molecule has 132 valence electrons. The molecule has 2 aromatic carbocycles. The lowest BCUT2D eigenvalue weighted by Gasteiger charge is -2.30. The minimum atomic E-state index is 0.0572. The predicted octanol–water partition coefficient (Wildman–Crippen LogP) is 3.88. The highest BCUT2D eigenvalue weighted by Crippen LogP contribution is 2.33. The number of rotatable bonds is 6. The summed E-state index contributed by atoms with van der Waals surface area (Å²) in [4.78, 5) is 15.2. The number of hydrogen-bond donors (Lipinski definition) is 0. The third-order valence-electron chi connectivity index (χ3n) is 4.99. The van der Waals surface area contributed by atoms with Crippen LogP contribution in [-0.2, 0) is 0 Å². The van der Waals surface area contributed by atoms with E-state index in [9.17, 15) is 4.79 Å². The number of aromatic nitrogens is 3. The Bertz CT molecular complexity index is 855. The average Bonchev–Trinajstić information content (AvgIpc) is 3.35. The molecule has 1 saturated carbocycles. The van der Waals surface area contributed by atoms with Crippen LogP contribution in [0.3, 0.4) is 0 Å². The number of amides is 1. The highest BCUT2D eigenvalue weighted by Gasteiger charge is 2.30. The monoisotopic (exact) mass is 346 g/mol. The molecule has 1 aliphatic carbocycles. The lowest BCUT2D eigenvalue weighted by atomic mass is 10.0. The maximum absolute atomic E-state index is 13.2. The Morgan fingerprint density at radius 1 is 1.08 bits per heavy atom. The number of carbonyl (C=O) groups is 1. The van der Waals surface area contributed by atoms with Gasteiger partial charge < -0.3 is 4.90 Å². The van der Waals surface area contributed by atoms with Gasteiger partial charge in [-0.25, -0.2) is 0 Å². The average molecular weight is 346 g/mol. The summed E-state index contributed by atoms with van der Waals surface area (Å²) >= 11 is 0. The lowest BCUT2D eigenvalue weighted by molar-refractivity contribution is 0.0680. The van der Waals surface area contributed by atoms with Gasteiger partial charge in [0.15, 0.2) is 0 Å². The van der Waals surface area contributed by atoms with E-state index in [2.05, 4.69) is 29.3 Å². The minimum Gasteiger partial charge on any atom is -0.332 e. The number of carbonyl (C=O) groups excluding carboxylic acids is 1. The number of nitrogens with zero attached hydrogens (tertiary/aromatic N) is 4. The van der Waals surface area contributed by atoms with E-state index < -0.39 is 0 Å². The third-order valence-corrected chi connectivity index (χ3v) is 4.99. The summed E-state index contributed by atoms with van der Waals surface area (Å²) in [5.74, 6) is 0.727. The summed E-state index contributed by atoms with van der Waals surface area (Å²) in [6.07, 6.45) is 5.73. The lowest BCUT2D eigenvalue weighted by Crippen LogP contribution is -2.35. The van der Waals surface area contributed by atoms with Crippen molar-refractivity contribution in [2.24, 2.45) is 5.92 Å². The molecule has 1 unspecified atom stereocenters. The van der Waals surface area contributed by atoms with Gasteiger partial charge in [0, 0.05) is 17.8 Å². The van der Waals surface area contributed by atoms with Crippen LogP contribution in [0.5, 0.6) is 0 Å². The van der Waals surface area contributed by atoms with E-state index in [-0.39, 0.29) is 11.9 Å². The molecule has 1 atom stereocenters. The zero-order valence-electron chi connectivity index (χ0n) is 14.8. The molecule has 0 spiro atoms. The second-order valence-corrected chi connectivity index (χ2v) is 6.90. The molecular formula is C21H22N4O. The first-order valence-corrected chi connectivity index (χ1v) is 9.03. The summed E-state index contributed by atoms with van der Waals surface area (Å²) in [6, 6.07) is 17.9. The van der Waals surface area contributed by atoms with E-state index >= 15 is 0 Å².